The van der Waals surface area contributed by atoms with E-state index in [0.29, 0.717) is 5.69 Å². The molecular formula is C13H13N3O2S2. The highest BCUT2D eigenvalue weighted by Gasteiger charge is 2.11. The van der Waals surface area contributed by atoms with Gasteiger partial charge in [-0.1, -0.05) is 41.3 Å². The molecule has 20 heavy (non-hydrogen) atoms. The summed E-state index contributed by atoms with van der Waals surface area (Å²) < 4.78 is 0.749. The zero-order valence-electron chi connectivity index (χ0n) is 10.8. The lowest BCUT2D eigenvalue weighted by Crippen LogP contribution is -2.17. The summed E-state index contributed by atoms with van der Waals surface area (Å²) in [4.78, 5) is 23.4. The maximum atomic E-state index is 11.7. The molecule has 2 rings (SSSR count). The van der Waals surface area contributed by atoms with Crippen LogP contribution in [0.5, 0.6) is 0 Å². The first kappa shape index (κ1) is 14.7. The summed E-state index contributed by atoms with van der Waals surface area (Å²) in [6.07, 6.45) is -0.125. The number of carbonyl (C=O) groups excluding carboxylic acids is 2. The van der Waals surface area contributed by atoms with Crippen LogP contribution in [0.3, 0.4) is 0 Å². The van der Waals surface area contributed by atoms with E-state index < -0.39 is 0 Å². The molecule has 2 aromatic rings. The maximum Gasteiger partial charge on any atom is 0.231 e. The molecule has 1 heterocycles. The minimum Gasteiger partial charge on any atom is -0.326 e. The molecule has 0 bridgehead atoms. The fourth-order valence-electron chi connectivity index (χ4n) is 1.44. The van der Waals surface area contributed by atoms with Crippen LogP contribution < -0.4 is 5.32 Å². The van der Waals surface area contributed by atoms with Gasteiger partial charge in [0.1, 0.15) is 5.01 Å². The lowest BCUT2D eigenvalue weighted by Gasteiger charge is -2.03. The van der Waals surface area contributed by atoms with E-state index >= 15 is 0 Å². The minimum atomic E-state index is -0.296. The SMILES string of the molecule is Cc1nnc(SCC(=O)CC(=O)Nc2ccccc2)s1. The number of aryl methyl sites for hydroxylation is 1. The number of para-hydroxylation sites is 1. The molecule has 0 spiro atoms. The Kier molecular flexibility index (Phi) is 5.25. The fourth-order valence-corrected chi connectivity index (χ4v) is 3.11. The molecule has 104 valence electrons. The smallest absolute Gasteiger partial charge is 0.231 e. The van der Waals surface area contributed by atoms with Gasteiger partial charge in [-0.15, -0.1) is 10.2 Å². The third-order valence-corrected chi connectivity index (χ3v) is 4.31. The van der Waals surface area contributed by atoms with Crippen molar-refractivity contribution in [1.29, 1.82) is 0 Å². The van der Waals surface area contributed by atoms with Gasteiger partial charge in [0.2, 0.25) is 5.91 Å². The van der Waals surface area contributed by atoms with Crippen LogP contribution in [-0.2, 0) is 9.59 Å². The van der Waals surface area contributed by atoms with Crippen molar-refractivity contribution in [1.82, 2.24) is 10.2 Å². The topological polar surface area (TPSA) is 72.0 Å². The van der Waals surface area contributed by atoms with Gasteiger partial charge in [-0.2, -0.15) is 0 Å². The Hall–Kier alpha value is -1.73. The normalized spacial score (nSPS) is 10.2. The van der Waals surface area contributed by atoms with E-state index in [2.05, 4.69) is 15.5 Å². The van der Waals surface area contributed by atoms with Crippen LogP contribution in [0.25, 0.3) is 0 Å². The van der Waals surface area contributed by atoms with Crippen molar-refractivity contribution in [2.75, 3.05) is 11.1 Å². The van der Waals surface area contributed by atoms with E-state index in [1.165, 1.54) is 23.1 Å². The van der Waals surface area contributed by atoms with E-state index in [0.717, 1.165) is 9.35 Å². The molecule has 1 aromatic carbocycles. The molecule has 0 atom stereocenters. The Morgan fingerprint density at radius 1 is 1.25 bits per heavy atom. The van der Waals surface area contributed by atoms with Gasteiger partial charge in [0.05, 0.1) is 12.2 Å². The Morgan fingerprint density at radius 3 is 2.65 bits per heavy atom. The number of hydrogen-bond acceptors (Lipinski definition) is 6. The van der Waals surface area contributed by atoms with Crippen LogP contribution in [0.2, 0.25) is 0 Å². The summed E-state index contributed by atoms with van der Waals surface area (Å²) in [5.74, 6) is -0.192. The number of benzene rings is 1. The molecule has 1 amide bonds. The number of hydrogen-bond donors (Lipinski definition) is 1. The zero-order chi connectivity index (χ0) is 14.4. The van der Waals surface area contributed by atoms with Crippen molar-refractivity contribution < 1.29 is 9.59 Å². The number of rotatable bonds is 6. The van der Waals surface area contributed by atoms with Crippen molar-refractivity contribution in [2.24, 2.45) is 0 Å². The van der Waals surface area contributed by atoms with Crippen LogP contribution in [0.4, 0.5) is 5.69 Å². The molecule has 0 unspecified atom stereocenters. The largest absolute Gasteiger partial charge is 0.326 e. The average molecular weight is 307 g/mol. The molecule has 0 aliphatic rings. The van der Waals surface area contributed by atoms with E-state index in [-0.39, 0.29) is 23.9 Å². The lowest BCUT2D eigenvalue weighted by atomic mass is 10.2. The second kappa shape index (κ2) is 7.16. The van der Waals surface area contributed by atoms with Crippen LogP contribution in [-0.4, -0.2) is 27.6 Å². The molecule has 0 aliphatic heterocycles. The lowest BCUT2D eigenvalue weighted by molar-refractivity contribution is -0.123. The Morgan fingerprint density at radius 2 is 2.00 bits per heavy atom. The number of thioether (sulfide) groups is 1. The van der Waals surface area contributed by atoms with E-state index in [4.69, 9.17) is 0 Å². The average Bonchev–Trinajstić information content (AvgIpc) is 2.83. The van der Waals surface area contributed by atoms with Gasteiger partial charge < -0.3 is 5.32 Å². The van der Waals surface area contributed by atoms with Crippen LogP contribution >= 0.6 is 23.1 Å². The molecule has 1 aromatic heterocycles. The van der Waals surface area contributed by atoms with Crippen LogP contribution in [0.1, 0.15) is 11.4 Å². The number of Topliss-reactive ketones (excluding diaryl/α,β-unsaturated/α-hetero) is 1. The van der Waals surface area contributed by atoms with Crippen molar-refractivity contribution in [2.45, 2.75) is 17.7 Å². The maximum absolute atomic E-state index is 11.7. The molecule has 0 radical (unpaired) electrons. The second-order valence-electron chi connectivity index (χ2n) is 4.01. The van der Waals surface area contributed by atoms with E-state index in [9.17, 15) is 9.59 Å². The van der Waals surface area contributed by atoms with Gasteiger partial charge in [0, 0.05) is 5.69 Å². The second-order valence-corrected chi connectivity index (χ2v) is 6.41. The predicted molar refractivity (Wildman–Crippen MR) is 80.1 cm³/mol. The Labute approximate surface area is 124 Å². The zero-order valence-corrected chi connectivity index (χ0v) is 12.5. The number of amides is 1. The summed E-state index contributed by atoms with van der Waals surface area (Å²) in [6, 6.07) is 9.07. The molecule has 0 aliphatic carbocycles. The summed E-state index contributed by atoms with van der Waals surface area (Å²) in [6.45, 7) is 1.86. The summed E-state index contributed by atoms with van der Waals surface area (Å²) >= 11 is 2.75. The summed E-state index contributed by atoms with van der Waals surface area (Å²) in [7, 11) is 0. The highest BCUT2D eigenvalue weighted by molar-refractivity contribution is 8.01. The first-order valence-corrected chi connectivity index (χ1v) is 7.73. The first-order valence-electron chi connectivity index (χ1n) is 5.93. The third kappa shape index (κ3) is 4.75. The van der Waals surface area contributed by atoms with Gasteiger partial charge in [-0.3, -0.25) is 9.59 Å². The van der Waals surface area contributed by atoms with Crippen molar-refractivity contribution >= 4 is 40.5 Å². The van der Waals surface area contributed by atoms with Gasteiger partial charge in [-0.05, 0) is 19.1 Å². The predicted octanol–water partition coefficient (Wildman–Crippen LogP) is 2.54. The van der Waals surface area contributed by atoms with Gasteiger partial charge in [0.15, 0.2) is 10.1 Å². The summed E-state index contributed by atoms with van der Waals surface area (Å²) in [5.41, 5.74) is 0.692. The third-order valence-electron chi connectivity index (χ3n) is 2.28. The molecule has 0 saturated heterocycles. The van der Waals surface area contributed by atoms with Crippen LogP contribution in [0, 0.1) is 6.92 Å². The molecule has 0 fully saturated rings. The molecule has 5 nitrogen and oxygen atoms in total. The highest BCUT2D eigenvalue weighted by Crippen LogP contribution is 2.21. The minimum absolute atomic E-state index is 0.125. The number of anilines is 1. The molecule has 1 N–H and O–H groups in total. The quantitative estimate of drug-likeness (QED) is 0.656. The van der Waals surface area contributed by atoms with Gasteiger partial charge in [0.25, 0.3) is 0 Å². The van der Waals surface area contributed by atoms with Crippen molar-refractivity contribution in [3.8, 4) is 0 Å². The molecule has 0 saturated carbocycles. The number of nitrogens with zero attached hydrogens (tertiary/aromatic N) is 2. The van der Waals surface area contributed by atoms with Gasteiger partial charge in [-0.25, -0.2) is 0 Å². The number of aromatic nitrogens is 2. The monoisotopic (exact) mass is 307 g/mol. The van der Waals surface area contributed by atoms with Crippen LogP contribution in [0.15, 0.2) is 34.7 Å². The fraction of sp³-hybridized carbons (Fsp3) is 0.231. The Balaban J connectivity index is 1.75. The standard InChI is InChI=1S/C13H13N3O2S2/c1-9-15-16-13(20-9)19-8-11(17)7-12(18)14-10-5-3-2-4-6-10/h2-6H,7-8H2,1H3,(H,14,18). The molecule has 7 heteroatoms. The molecular weight excluding hydrogens is 294 g/mol. The highest BCUT2D eigenvalue weighted by atomic mass is 32.2. The first-order chi connectivity index (χ1) is 9.63. The van der Waals surface area contributed by atoms with Crippen molar-refractivity contribution in [3.05, 3.63) is 35.3 Å². The number of ketones is 1. The summed E-state index contributed by atoms with van der Waals surface area (Å²) in [5, 5.41) is 11.3. The van der Waals surface area contributed by atoms with E-state index in [1.54, 1.807) is 12.1 Å². The Bertz CT molecular complexity index is 599. The van der Waals surface area contributed by atoms with Gasteiger partial charge >= 0.3 is 0 Å². The van der Waals surface area contributed by atoms with E-state index in [1.807, 2.05) is 25.1 Å². The van der Waals surface area contributed by atoms with Crippen molar-refractivity contribution in [3.63, 3.8) is 0 Å². The number of carbonyl (C=O) groups is 2. The number of nitrogens with one attached hydrogen (secondary N) is 1.